The largest absolute Gasteiger partial charge is 0.379 e. The molecule has 40 heavy (non-hydrogen) atoms. The summed E-state index contributed by atoms with van der Waals surface area (Å²) in [6.45, 7) is 9.76. The van der Waals surface area contributed by atoms with E-state index in [0.29, 0.717) is 41.3 Å². The van der Waals surface area contributed by atoms with Gasteiger partial charge in [-0.25, -0.2) is 13.4 Å². The summed E-state index contributed by atoms with van der Waals surface area (Å²) in [5, 5.41) is 1.25. The lowest BCUT2D eigenvalue weighted by Crippen LogP contribution is -2.39. The molecule has 2 saturated heterocycles. The molecule has 1 aromatic heterocycles. The van der Waals surface area contributed by atoms with Crippen molar-refractivity contribution in [1.82, 2.24) is 14.2 Å². The van der Waals surface area contributed by atoms with E-state index < -0.39 is 10.0 Å². The lowest BCUT2D eigenvalue weighted by molar-refractivity contribution is 0.0376. The fourth-order valence-electron chi connectivity index (χ4n) is 5.12. The van der Waals surface area contributed by atoms with Crippen molar-refractivity contribution in [2.45, 2.75) is 38.0 Å². The molecule has 2 aromatic carbocycles. The number of ether oxygens (including phenoxy) is 1. The number of morpholine rings is 1. The molecule has 218 valence electrons. The summed E-state index contributed by atoms with van der Waals surface area (Å²) in [4.78, 5) is 22.9. The van der Waals surface area contributed by atoms with Crippen LogP contribution >= 0.6 is 35.3 Å². The maximum absolute atomic E-state index is 13.8. The molecule has 0 atom stereocenters. The second-order valence-corrected chi connectivity index (χ2v) is 13.8. The molecule has 3 aromatic rings. The molecule has 3 heterocycles. The van der Waals surface area contributed by atoms with Gasteiger partial charge < -0.3 is 4.74 Å². The predicted molar refractivity (Wildman–Crippen MR) is 164 cm³/mol. The van der Waals surface area contributed by atoms with Gasteiger partial charge in [0, 0.05) is 49.9 Å². The van der Waals surface area contributed by atoms with Gasteiger partial charge in [-0.1, -0.05) is 29.9 Å². The van der Waals surface area contributed by atoms with Gasteiger partial charge in [0.25, 0.3) is 5.91 Å². The number of rotatable bonds is 8. The monoisotopic (exact) mass is 626 g/mol. The summed E-state index contributed by atoms with van der Waals surface area (Å²) in [6, 6.07) is 10.1. The van der Waals surface area contributed by atoms with Crippen molar-refractivity contribution >= 4 is 66.6 Å². The fourth-order valence-corrected chi connectivity index (χ4v) is 8.03. The van der Waals surface area contributed by atoms with Crippen LogP contribution in [0.15, 0.2) is 41.3 Å². The van der Waals surface area contributed by atoms with E-state index in [-0.39, 0.29) is 23.2 Å². The zero-order chi connectivity index (χ0) is 27.6. The van der Waals surface area contributed by atoms with Crippen LogP contribution < -0.4 is 4.90 Å². The first-order valence-electron chi connectivity index (χ1n) is 13.5. The number of hydrogen-bond donors (Lipinski definition) is 0. The number of halogens is 2. The van der Waals surface area contributed by atoms with E-state index in [1.165, 1.54) is 11.3 Å². The Labute approximate surface area is 251 Å². The van der Waals surface area contributed by atoms with E-state index >= 15 is 0 Å². The first kappa shape index (κ1) is 31.2. The van der Waals surface area contributed by atoms with Gasteiger partial charge in [-0.05, 0) is 74.1 Å². The molecule has 0 N–H and O–H groups in total. The number of fused-ring (bicyclic) bond motifs is 1. The predicted octanol–water partition coefficient (Wildman–Crippen LogP) is 5.47. The summed E-state index contributed by atoms with van der Waals surface area (Å²) in [7, 11) is -3.58. The van der Waals surface area contributed by atoms with Crippen molar-refractivity contribution in [3.05, 3.63) is 52.5 Å². The molecule has 8 nitrogen and oxygen atoms in total. The number of nitrogens with zero attached hydrogens (tertiary/aromatic N) is 4. The van der Waals surface area contributed by atoms with Crippen molar-refractivity contribution in [1.29, 1.82) is 0 Å². The van der Waals surface area contributed by atoms with Gasteiger partial charge in [-0.3, -0.25) is 14.6 Å². The number of aryl methyl sites for hydroxylation is 1. The highest BCUT2D eigenvalue weighted by atomic mass is 35.5. The van der Waals surface area contributed by atoms with E-state index in [0.717, 1.165) is 67.9 Å². The zero-order valence-corrected chi connectivity index (χ0v) is 26.0. The first-order valence-corrected chi connectivity index (χ1v) is 16.1. The Morgan fingerprint density at radius 2 is 1.80 bits per heavy atom. The third-order valence-corrected chi connectivity index (χ3v) is 10.7. The minimum Gasteiger partial charge on any atom is -0.379 e. The molecule has 0 saturated carbocycles. The Morgan fingerprint density at radius 1 is 1.12 bits per heavy atom. The van der Waals surface area contributed by atoms with Crippen molar-refractivity contribution in [2.24, 2.45) is 5.92 Å². The quantitative estimate of drug-likeness (QED) is 0.330. The molecular formula is C28H36Cl2N4O4S2. The maximum atomic E-state index is 13.8. The van der Waals surface area contributed by atoms with Crippen LogP contribution in [-0.4, -0.2) is 81.0 Å². The highest BCUT2D eigenvalue weighted by Crippen LogP contribution is 2.34. The average molecular weight is 628 g/mol. The van der Waals surface area contributed by atoms with Gasteiger partial charge in [0.15, 0.2) is 5.13 Å². The lowest BCUT2D eigenvalue weighted by Gasteiger charge is -2.29. The van der Waals surface area contributed by atoms with Gasteiger partial charge in [0.05, 0.1) is 28.3 Å². The summed E-state index contributed by atoms with van der Waals surface area (Å²) in [6.07, 6.45) is 2.51. The number of amides is 1. The SMILES string of the molecule is Cc1cc(Cl)cc2sc(N(CCCN3CCOCC3)C(=O)c3ccc(S(=O)(=O)N4CCC(C)CC4)cc3)nc12.Cl. The molecule has 2 aliphatic heterocycles. The molecule has 0 bridgehead atoms. The minimum absolute atomic E-state index is 0. The smallest absolute Gasteiger partial charge is 0.260 e. The third-order valence-electron chi connectivity index (χ3n) is 7.56. The number of carbonyl (C=O) groups is 1. The van der Waals surface area contributed by atoms with E-state index in [1.54, 1.807) is 33.5 Å². The molecule has 2 aliphatic rings. The van der Waals surface area contributed by atoms with Crippen LogP contribution in [0.4, 0.5) is 5.13 Å². The zero-order valence-electron chi connectivity index (χ0n) is 22.8. The van der Waals surface area contributed by atoms with Gasteiger partial charge in [-0.2, -0.15) is 4.31 Å². The van der Waals surface area contributed by atoms with Crippen LogP contribution in [0, 0.1) is 12.8 Å². The second kappa shape index (κ2) is 13.5. The van der Waals surface area contributed by atoms with Crippen molar-refractivity contribution in [3.63, 3.8) is 0 Å². The van der Waals surface area contributed by atoms with E-state index in [9.17, 15) is 13.2 Å². The number of aromatic nitrogens is 1. The number of anilines is 1. The normalized spacial score (nSPS) is 17.6. The summed E-state index contributed by atoms with van der Waals surface area (Å²) < 4.78 is 34.3. The topological polar surface area (TPSA) is 83.0 Å². The van der Waals surface area contributed by atoms with Crippen molar-refractivity contribution in [3.8, 4) is 0 Å². The standard InChI is InChI=1S/C28H35ClN4O4S2.ClH/c1-20-8-12-32(13-9-20)39(35,36)24-6-4-22(5-7-24)27(34)33(11-3-10-31-14-16-37-17-15-31)28-30-26-21(2)18-23(29)19-25(26)38-28;/h4-7,18-20H,3,8-17H2,1-2H3;1H. The first-order chi connectivity index (χ1) is 18.7. The molecule has 0 spiro atoms. The second-order valence-electron chi connectivity index (χ2n) is 10.4. The molecule has 0 radical (unpaired) electrons. The molecule has 0 aliphatic carbocycles. The molecule has 2 fully saturated rings. The number of hydrogen-bond acceptors (Lipinski definition) is 7. The Hall–Kier alpha value is -1.79. The highest BCUT2D eigenvalue weighted by Gasteiger charge is 2.29. The highest BCUT2D eigenvalue weighted by molar-refractivity contribution is 7.89. The minimum atomic E-state index is -3.58. The van der Waals surface area contributed by atoms with Crippen molar-refractivity contribution in [2.75, 3.05) is 57.4 Å². The Kier molecular flexibility index (Phi) is 10.5. The third kappa shape index (κ3) is 6.98. The Morgan fingerprint density at radius 3 is 2.48 bits per heavy atom. The van der Waals surface area contributed by atoms with Gasteiger partial charge in [0.2, 0.25) is 10.0 Å². The Balaban J connectivity index is 0.00000370. The summed E-state index contributed by atoms with van der Waals surface area (Å²) in [5.74, 6) is 0.337. The van der Waals surface area contributed by atoms with Crippen molar-refractivity contribution < 1.29 is 17.9 Å². The number of piperidine rings is 1. The molecule has 5 rings (SSSR count). The number of carbonyl (C=O) groups excluding carboxylic acids is 1. The summed E-state index contributed by atoms with van der Waals surface area (Å²) >= 11 is 7.73. The van der Waals surface area contributed by atoms with Crippen LogP contribution in [0.1, 0.15) is 42.1 Å². The molecule has 12 heteroatoms. The average Bonchev–Trinajstić information content (AvgIpc) is 3.36. The van der Waals surface area contributed by atoms with E-state index in [1.807, 2.05) is 19.1 Å². The number of benzene rings is 2. The number of thiazole rings is 1. The number of sulfonamides is 1. The van der Waals surface area contributed by atoms with Crippen LogP contribution in [-0.2, 0) is 14.8 Å². The fraction of sp³-hybridized carbons (Fsp3) is 0.500. The summed E-state index contributed by atoms with van der Waals surface area (Å²) in [5.41, 5.74) is 2.23. The van der Waals surface area contributed by atoms with E-state index in [4.69, 9.17) is 21.3 Å². The molecular weight excluding hydrogens is 591 g/mol. The van der Waals surface area contributed by atoms with Gasteiger partial charge >= 0.3 is 0 Å². The Bertz CT molecular complexity index is 1420. The maximum Gasteiger partial charge on any atom is 0.260 e. The van der Waals surface area contributed by atoms with Crippen LogP contribution in [0.2, 0.25) is 5.02 Å². The van der Waals surface area contributed by atoms with Crippen LogP contribution in [0.25, 0.3) is 10.2 Å². The molecule has 1 amide bonds. The lowest BCUT2D eigenvalue weighted by atomic mass is 10.0. The van der Waals surface area contributed by atoms with Gasteiger partial charge in [-0.15, -0.1) is 12.4 Å². The van der Waals surface area contributed by atoms with Crippen LogP contribution in [0.5, 0.6) is 0 Å². The molecule has 0 unspecified atom stereocenters. The van der Waals surface area contributed by atoms with E-state index in [2.05, 4.69) is 11.8 Å². The van der Waals surface area contributed by atoms with Gasteiger partial charge in [0.1, 0.15) is 0 Å². The van der Waals surface area contributed by atoms with Crippen LogP contribution in [0.3, 0.4) is 0 Å².